The zero-order valence-electron chi connectivity index (χ0n) is 12.2. The van der Waals surface area contributed by atoms with Gasteiger partial charge in [-0.25, -0.2) is 0 Å². The zero-order valence-corrected chi connectivity index (χ0v) is 13.7. The van der Waals surface area contributed by atoms with Crippen LogP contribution in [0.25, 0.3) is 0 Å². The Morgan fingerprint density at radius 3 is 2.30 bits per heavy atom. The summed E-state index contributed by atoms with van der Waals surface area (Å²) in [7, 11) is 0. The average Bonchev–Trinajstić information content (AvgIpc) is 3.22. The molecule has 1 aromatic carbocycles. The van der Waals surface area contributed by atoms with Crippen molar-refractivity contribution in [2.45, 2.75) is 19.8 Å². The van der Waals surface area contributed by atoms with E-state index in [1.807, 2.05) is 0 Å². The summed E-state index contributed by atoms with van der Waals surface area (Å²) in [5.41, 5.74) is -0.827. The van der Waals surface area contributed by atoms with Crippen LogP contribution in [0.3, 0.4) is 0 Å². The van der Waals surface area contributed by atoms with Crippen molar-refractivity contribution < 1.29 is 14.1 Å². The van der Waals surface area contributed by atoms with Gasteiger partial charge in [-0.2, -0.15) is 0 Å². The lowest BCUT2D eigenvalue weighted by molar-refractivity contribution is -0.131. The Hall–Kier alpha value is -2.05. The molecule has 0 saturated heterocycles. The Labute approximate surface area is 142 Å². The number of benzene rings is 1. The van der Waals surface area contributed by atoms with E-state index in [9.17, 15) is 9.59 Å². The molecule has 0 radical (unpaired) electrons. The topological polar surface area (TPSA) is 84.2 Å². The van der Waals surface area contributed by atoms with Crippen molar-refractivity contribution >= 4 is 46.5 Å². The maximum atomic E-state index is 12.5. The van der Waals surface area contributed by atoms with Crippen molar-refractivity contribution in [3.63, 3.8) is 0 Å². The molecule has 0 aliphatic heterocycles. The summed E-state index contributed by atoms with van der Waals surface area (Å²) in [4.78, 5) is 24.9. The molecule has 3 rings (SSSR count). The smallest absolute Gasteiger partial charge is 0.241 e. The summed E-state index contributed by atoms with van der Waals surface area (Å²) in [5.74, 6) is -0.0171. The Balaban J connectivity index is 1.75. The molecule has 1 fully saturated rings. The number of aromatic nitrogens is 1. The number of aryl methyl sites for hydroxylation is 1. The molecule has 1 aliphatic rings. The van der Waals surface area contributed by atoms with Gasteiger partial charge in [0.1, 0.15) is 11.2 Å². The van der Waals surface area contributed by atoms with E-state index < -0.39 is 17.2 Å². The summed E-state index contributed by atoms with van der Waals surface area (Å²) in [6, 6.07) is 6.48. The van der Waals surface area contributed by atoms with Crippen molar-refractivity contribution in [3.8, 4) is 0 Å². The molecule has 1 saturated carbocycles. The van der Waals surface area contributed by atoms with Crippen molar-refractivity contribution in [3.05, 3.63) is 40.1 Å². The molecule has 0 unspecified atom stereocenters. The molecule has 0 spiro atoms. The minimum absolute atomic E-state index is 0.280. The van der Waals surface area contributed by atoms with Crippen LogP contribution in [0.5, 0.6) is 0 Å². The lowest BCUT2D eigenvalue weighted by Gasteiger charge is -2.15. The third-order valence-electron chi connectivity index (χ3n) is 3.69. The fourth-order valence-corrected chi connectivity index (χ4v) is 2.69. The van der Waals surface area contributed by atoms with Crippen LogP contribution in [0.15, 0.2) is 28.8 Å². The van der Waals surface area contributed by atoms with E-state index in [2.05, 4.69) is 15.8 Å². The molecule has 2 aromatic rings. The van der Waals surface area contributed by atoms with Crippen molar-refractivity contribution in [2.24, 2.45) is 5.41 Å². The quantitative estimate of drug-likeness (QED) is 0.821. The van der Waals surface area contributed by atoms with Crippen LogP contribution >= 0.6 is 23.2 Å². The van der Waals surface area contributed by atoms with Gasteiger partial charge in [-0.1, -0.05) is 34.4 Å². The van der Waals surface area contributed by atoms with Gasteiger partial charge in [0.2, 0.25) is 11.8 Å². The Morgan fingerprint density at radius 2 is 1.78 bits per heavy atom. The van der Waals surface area contributed by atoms with E-state index in [-0.39, 0.29) is 5.82 Å². The summed E-state index contributed by atoms with van der Waals surface area (Å²) >= 11 is 12.1. The third kappa shape index (κ3) is 3.04. The molecule has 6 nitrogen and oxygen atoms in total. The van der Waals surface area contributed by atoms with Gasteiger partial charge < -0.3 is 15.2 Å². The monoisotopic (exact) mass is 353 g/mol. The van der Waals surface area contributed by atoms with E-state index >= 15 is 0 Å². The summed E-state index contributed by atoms with van der Waals surface area (Å²) < 4.78 is 4.89. The number of anilines is 2. The number of amides is 2. The molecule has 2 amide bonds. The molecule has 1 heterocycles. The molecule has 8 heteroatoms. The van der Waals surface area contributed by atoms with Crippen LogP contribution < -0.4 is 10.6 Å². The Bertz CT molecular complexity index is 764. The summed E-state index contributed by atoms with van der Waals surface area (Å²) in [6.45, 7) is 1.71. The first-order chi connectivity index (χ1) is 10.9. The number of halogens is 2. The molecule has 2 N–H and O–H groups in total. The molecular weight excluding hydrogens is 341 g/mol. The van der Waals surface area contributed by atoms with Crippen molar-refractivity contribution in [1.82, 2.24) is 5.16 Å². The van der Waals surface area contributed by atoms with E-state index in [0.717, 1.165) is 0 Å². The highest BCUT2D eigenvalue weighted by Crippen LogP contribution is 2.48. The predicted molar refractivity (Wildman–Crippen MR) is 86.6 cm³/mol. The average molecular weight is 354 g/mol. The fraction of sp³-hybridized carbons (Fsp3) is 0.267. The second-order valence-electron chi connectivity index (χ2n) is 5.41. The predicted octanol–water partition coefficient (Wildman–Crippen LogP) is 3.65. The normalized spacial score (nSPS) is 15.1. The maximum absolute atomic E-state index is 12.5. The maximum Gasteiger partial charge on any atom is 0.241 e. The van der Waals surface area contributed by atoms with E-state index in [1.54, 1.807) is 31.2 Å². The zero-order chi connectivity index (χ0) is 16.6. The van der Waals surface area contributed by atoms with E-state index in [4.69, 9.17) is 27.7 Å². The minimum atomic E-state index is -1.13. The molecular formula is C15H13Cl2N3O3. The van der Waals surface area contributed by atoms with Crippen LogP contribution in [-0.4, -0.2) is 17.0 Å². The fourth-order valence-electron chi connectivity index (χ4n) is 2.19. The van der Waals surface area contributed by atoms with Crippen LogP contribution in [0.2, 0.25) is 10.0 Å². The van der Waals surface area contributed by atoms with Crippen molar-refractivity contribution in [2.75, 3.05) is 10.6 Å². The first-order valence-electron chi connectivity index (χ1n) is 6.92. The first kappa shape index (κ1) is 15.8. The largest absolute Gasteiger partial charge is 0.360 e. The standard InChI is InChI=1S/C15H13Cl2N3O3/c1-8-7-11(20-23-8)18-13(21)15(5-6-15)14(22)19-12-9(16)3-2-4-10(12)17/h2-4,7H,5-6H2,1H3,(H,19,22)(H,18,20,21). The van der Waals surface area contributed by atoms with Gasteiger partial charge in [0.15, 0.2) is 5.82 Å². The summed E-state index contributed by atoms with van der Waals surface area (Å²) in [5, 5.41) is 9.55. The van der Waals surface area contributed by atoms with Crippen LogP contribution in [-0.2, 0) is 9.59 Å². The highest BCUT2D eigenvalue weighted by Gasteiger charge is 2.56. The van der Waals surface area contributed by atoms with Crippen LogP contribution in [0, 0.1) is 12.3 Å². The van der Waals surface area contributed by atoms with Gasteiger partial charge in [0.05, 0.1) is 15.7 Å². The second kappa shape index (κ2) is 5.86. The number of nitrogens with zero attached hydrogens (tertiary/aromatic N) is 1. The van der Waals surface area contributed by atoms with Crippen LogP contribution in [0.4, 0.5) is 11.5 Å². The number of hydrogen-bond donors (Lipinski definition) is 2. The molecule has 120 valence electrons. The Kier molecular flexibility index (Phi) is 4.04. The molecule has 1 aromatic heterocycles. The number of carbonyl (C=O) groups is 2. The van der Waals surface area contributed by atoms with Gasteiger partial charge in [0, 0.05) is 6.07 Å². The van der Waals surface area contributed by atoms with Gasteiger partial charge in [-0.05, 0) is 31.9 Å². The Morgan fingerprint density at radius 1 is 1.17 bits per heavy atom. The SMILES string of the molecule is Cc1cc(NC(=O)C2(C(=O)Nc3c(Cl)cccc3Cl)CC2)no1. The lowest BCUT2D eigenvalue weighted by Crippen LogP contribution is -2.35. The molecule has 23 heavy (non-hydrogen) atoms. The third-order valence-corrected chi connectivity index (χ3v) is 4.32. The number of hydrogen-bond acceptors (Lipinski definition) is 4. The molecule has 0 atom stereocenters. The van der Waals surface area contributed by atoms with Gasteiger partial charge in [0.25, 0.3) is 0 Å². The molecule has 1 aliphatic carbocycles. The molecule has 0 bridgehead atoms. The summed E-state index contributed by atoms with van der Waals surface area (Å²) in [6.07, 6.45) is 0.896. The highest BCUT2D eigenvalue weighted by molar-refractivity contribution is 6.40. The van der Waals surface area contributed by atoms with E-state index in [0.29, 0.717) is 34.3 Å². The second-order valence-corrected chi connectivity index (χ2v) is 6.22. The highest BCUT2D eigenvalue weighted by atomic mass is 35.5. The van der Waals surface area contributed by atoms with Gasteiger partial charge in [-0.3, -0.25) is 9.59 Å². The minimum Gasteiger partial charge on any atom is -0.360 e. The van der Waals surface area contributed by atoms with Crippen molar-refractivity contribution in [1.29, 1.82) is 0 Å². The van der Waals surface area contributed by atoms with Crippen LogP contribution in [0.1, 0.15) is 18.6 Å². The number of rotatable bonds is 4. The lowest BCUT2D eigenvalue weighted by atomic mass is 10.1. The van der Waals surface area contributed by atoms with Gasteiger partial charge in [-0.15, -0.1) is 0 Å². The number of nitrogens with one attached hydrogen (secondary N) is 2. The van der Waals surface area contributed by atoms with Gasteiger partial charge >= 0.3 is 0 Å². The first-order valence-corrected chi connectivity index (χ1v) is 7.68. The number of carbonyl (C=O) groups excluding carboxylic acids is 2. The number of para-hydroxylation sites is 1. The van der Waals surface area contributed by atoms with E-state index in [1.165, 1.54) is 0 Å².